The van der Waals surface area contributed by atoms with Gasteiger partial charge in [0.1, 0.15) is 6.26 Å². The second-order valence-corrected chi connectivity index (χ2v) is 5.26. The van der Waals surface area contributed by atoms with Crippen molar-refractivity contribution in [1.29, 1.82) is 0 Å². The van der Waals surface area contributed by atoms with Crippen LogP contribution in [0.25, 0.3) is 0 Å². The van der Waals surface area contributed by atoms with Gasteiger partial charge in [0.05, 0.1) is 0 Å². The number of piperidine rings is 1. The van der Waals surface area contributed by atoms with E-state index in [1.807, 2.05) is 6.92 Å². The van der Waals surface area contributed by atoms with Crippen molar-refractivity contribution < 1.29 is 9.21 Å². The maximum Gasteiger partial charge on any atom is 0.273 e. The molecule has 1 aromatic rings. The summed E-state index contributed by atoms with van der Waals surface area (Å²) in [6, 6.07) is 0.177. The first kappa shape index (κ1) is 14.1. The van der Waals surface area contributed by atoms with Gasteiger partial charge in [-0.2, -0.15) is 0 Å². The molecule has 0 aliphatic carbocycles. The summed E-state index contributed by atoms with van der Waals surface area (Å²) in [6.07, 6.45) is 5.55. The van der Waals surface area contributed by atoms with E-state index < -0.39 is 0 Å². The molecule has 2 N–H and O–H groups in total. The van der Waals surface area contributed by atoms with E-state index in [4.69, 9.17) is 4.42 Å². The molecule has 1 unspecified atom stereocenters. The van der Waals surface area contributed by atoms with Crippen LogP contribution in [0.5, 0.6) is 0 Å². The Kier molecular flexibility index (Phi) is 4.96. The van der Waals surface area contributed by atoms with Gasteiger partial charge in [-0.05, 0) is 39.3 Å². The summed E-state index contributed by atoms with van der Waals surface area (Å²) >= 11 is 0. The van der Waals surface area contributed by atoms with E-state index in [0.29, 0.717) is 17.5 Å². The molecule has 1 atom stereocenters. The van der Waals surface area contributed by atoms with Crippen LogP contribution in [0.1, 0.15) is 61.8 Å². The fraction of sp³-hybridized carbons (Fsp3) is 0.714. The lowest BCUT2D eigenvalue weighted by Crippen LogP contribution is -2.32. The van der Waals surface area contributed by atoms with Gasteiger partial charge in [0.2, 0.25) is 0 Å². The molecule has 5 heteroatoms. The summed E-state index contributed by atoms with van der Waals surface area (Å²) in [5.74, 6) is 0.913. The number of nitrogens with one attached hydrogen (secondary N) is 2. The van der Waals surface area contributed by atoms with Gasteiger partial charge >= 0.3 is 0 Å². The summed E-state index contributed by atoms with van der Waals surface area (Å²) < 4.78 is 5.47. The number of carbonyl (C=O) groups is 1. The van der Waals surface area contributed by atoms with Crippen LogP contribution in [0.4, 0.5) is 0 Å². The maximum atomic E-state index is 12.0. The lowest BCUT2D eigenvalue weighted by Gasteiger charge is -2.19. The Bertz CT molecular complexity index is 411. The van der Waals surface area contributed by atoms with E-state index in [1.54, 1.807) is 0 Å². The quantitative estimate of drug-likeness (QED) is 0.855. The Hall–Kier alpha value is -1.36. The number of rotatable bonds is 5. The highest BCUT2D eigenvalue weighted by Gasteiger charge is 2.22. The van der Waals surface area contributed by atoms with Gasteiger partial charge in [0.15, 0.2) is 11.6 Å². The number of hydrogen-bond donors (Lipinski definition) is 2. The third-order valence-electron chi connectivity index (χ3n) is 3.54. The van der Waals surface area contributed by atoms with Crippen molar-refractivity contribution in [3.63, 3.8) is 0 Å². The summed E-state index contributed by atoms with van der Waals surface area (Å²) in [7, 11) is 0. The third kappa shape index (κ3) is 3.80. The molecule has 1 aromatic heterocycles. The largest absolute Gasteiger partial charge is 0.448 e. The second-order valence-electron chi connectivity index (χ2n) is 5.26. The molecule has 1 aliphatic rings. The van der Waals surface area contributed by atoms with Crippen LogP contribution in [0, 0.1) is 0 Å². The standard InChI is InChI=1S/C14H23N3O2/c1-3-4-10(2)16-13(18)12-9-19-14(17-12)11-5-7-15-8-6-11/h9-11,15H,3-8H2,1-2H3,(H,16,18). The van der Waals surface area contributed by atoms with E-state index in [0.717, 1.165) is 38.8 Å². The molecule has 0 saturated carbocycles. The van der Waals surface area contributed by atoms with Crippen molar-refractivity contribution in [2.45, 2.75) is 51.5 Å². The molecule has 1 saturated heterocycles. The van der Waals surface area contributed by atoms with E-state index in [1.165, 1.54) is 6.26 Å². The average molecular weight is 265 g/mol. The van der Waals surface area contributed by atoms with Crippen molar-refractivity contribution in [1.82, 2.24) is 15.6 Å². The molecule has 2 rings (SSSR count). The Morgan fingerprint density at radius 1 is 1.58 bits per heavy atom. The average Bonchev–Trinajstić information content (AvgIpc) is 2.89. The predicted molar refractivity (Wildman–Crippen MR) is 73.2 cm³/mol. The molecular weight excluding hydrogens is 242 g/mol. The van der Waals surface area contributed by atoms with Gasteiger partial charge in [-0.1, -0.05) is 13.3 Å². The fourth-order valence-electron chi connectivity index (χ4n) is 2.45. The summed E-state index contributed by atoms with van der Waals surface area (Å²) in [5.41, 5.74) is 0.400. The number of amides is 1. The number of hydrogen-bond acceptors (Lipinski definition) is 4. The minimum Gasteiger partial charge on any atom is -0.448 e. The SMILES string of the molecule is CCCC(C)NC(=O)c1coc(C2CCNCC2)n1. The minimum atomic E-state index is -0.134. The monoisotopic (exact) mass is 265 g/mol. The van der Waals surface area contributed by atoms with Crippen molar-refractivity contribution in [2.75, 3.05) is 13.1 Å². The first-order valence-electron chi connectivity index (χ1n) is 7.17. The first-order chi connectivity index (χ1) is 9.20. The van der Waals surface area contributed by atoms with E-state index in [-0.39, 0.29) is 11.9 Å². The molecule has 1 amide bonds. The molecule has 5 nitrogen and oxygen atoms in total. The number of aromatic nitrogens is 1. The number of oxazole rings is 1. The highest BCUT2D eigenvalue weighted by atomic mass is 16.3. The number of carbonyl (C=O) groups excluding carboxylic acids is 1. The number of nitrogens with zero attached hydrogens (tertiary/aromatic N) is 1. The van der Waals surface area contributed by atoms with Crippen molar-refractivity contribution in [2.24, 2.45) is 0 Å². The van der Waals surface area contributed by atoms with Crippen LogP contribution >= 0.6 is 0 Å². The van der Waals surface area contributed by atoms with Gasteiger partial charge in [0.25, 0.3) is 5.91 Å². The summed E-state index contributed by atoms with van der Waals surface area (Å²) in [4.78, 5) is 16.3. The van der Waals surface area contributed by atoms with Crippen LogP contribution in [0.3, 0.4) is 0 Å². The summed E-state index contributed by atoms with van der Waals surface area (Å²) in [6.45, 7) is 6.09. The lowest BCUT2D eigenvalue weighted by molar-refractivity contribution is 0.0933. The molecule has 0 radical (unpaired) electrons. The van der Waals surface area contributed by atoms with Crippen molar-refractivity contribution >= 4 is 5.91 Å². The molecule has 0 bridgehead atoms. The van der Waals surface area contributed by atoms with Crippen LogP contribution in [-0.2, 0) is 0 Å². The lowest BCUT2D eigenvalue weighted by atomic mass is 9.98. The first-order valence-corrected chi connectivity index (χ1v) is 7.17. The Morgan fingerprint density at radius 3 is 3.00 bits per heavy atom. The predicted octanol–water partition coefficient (Wildman–Crippen LogP) is 2.06. The van der Waals surface area contributed by atoms with Crippen LogP contribution < -0.4 is 10.6 Å². The van der Waals surface area contributed by atoms with Crippen LogP contribution in [-0.4, -0.2) is 30.0 Å². The molecule has 106 valence electrons. The Balaban J connectivity index is 1.94. The maximum absolute atomic E-state index is 12.0. The summed E-state index contributed by atoms with van der Waals surface area (Å²) in [5, 5.41) is 6.25. The van der Waals surface area contributed by atoms with E-state index >= 15 is 0 Å². The molecule has 19 heavy (non-hydrogen) atoms. The smallest absolute Gasteiger partial charge is 0.273 e. The Labute approximate surface area is 114 Å². The Morgan fingerprint density at radius 2 is 2.32 bits per heavy atom. The topological polar surface area (TPSA) is 67.2 Å². The highest BCUT2D eigenvalue weighted by molar-refractivity contribution is 5.92. The molecule has 0 spiro atoms. The van der Waals surface area contributed by atoms with Gasteiger partial charge < -0.3 is 15.1 Å². The zero-order valence-electron chi connectivity index (χ0n) is 11.7. The molecule has 0 aromatic carbocycles. The van der Waals surface area contributed by atoms with Crippen molar-refractivity contribution in [3.8, 4) is 0 Å². The molecular formula is C14H23N3O2. The van der Waals surface area contributed by atoms with Gasteiger partial charge in [-0.15, -0.1) is 0 Å². The van der Waals surface area contributed by atoms with Crippen molar-refractivity contribution in [3.05, 3.63) is 17.8 Å². The third-order valence-corrected chi connectivity index (χ3v) is 3.54. The fourth-order valence-corrected chi connectivity index (χ4v) is 2.45. The molecule has 2 heterocycles. The van der Waals surface area contributed by atoms with E-state index in [2.05, 4.69) is 22.5 Å². The van der Waals surface area contributed by atoms with Gasteiger partial charge in [-0.25, -0.2) is 4.98 Å². The highest BCUT2D eigenvalue weighted by Crippen LogP contribution is 2.24. The van der Waals surface area contributed by atoms with Gasteiger partial charge in [-0.3, -0.25) is 4.79 Å². The van der Waals surface area contributed by atoms with Gasteiger partial charge in [0, 0.05) is 12.0 Å². The van der Waals surface area contributed by atoms with Crippen LogP contribution in [0.15, 0.2) is 10.7 Å². The minimum absolute atomic E-state index is 0.134. The van der Waals surface area contributed by atoms with E-state index in [9.17, 15) is 4.79 Å². The molecule has 1 fully saturated rings. The van der Waals surface area contributed by atoms with Crippen LogP contribution in [0.2, 0.25) is 0 Å². The normalized spacial score (nSPS) is 18.2. The zero-order chi connectivity index (χ0) is 13.7. The zero-order valence-corrected chi connectivity index (χ0v) is 11.7. The second kappa shape index (κ2) is 6.70. The molecule has 1 aliphatic heterocycles.